The van der Waals surface area contributed by atoms with E-state index < -0.39 is 5.97 Å². The largest absolute Gasteiger partial charge is 0.481 e. The van der Waals surface area contributed by atoms with Crippen LogP contribution in [0.25, 0.3) is 0 Å². The number of carbonyl (C=O) groups is 1. The van der Waals surface area contributed by atoms with Crippen molar-refractivity contribution < 1.29 is 9.90 Å². The Balaban J connectivity index is 0.000000292. The van der Waals surface area contributed by atoms with Gasteiger partial charge in [0.1, 0.15) is 0 Å². The molecule has 0 bridgehead atoms. The molecule has 1 aromatic rings. The minimum atomic E-state index is -0.745. The highest BCUT2D eigenvalue weighted by Gasteiger charge is 1.82. The van der Waals surface area contributed by atoms with Crippen LogP contribution in [0.3, 0.4) is 0 Å². The van der Waals surface area contributed by atoms with E-state index in [1.54, 1.807) is 6.92 Å². The third-order valence-corrected chi connectivity index (χ3v) is 1.53. The fourth-order valence-corrected chi connectivity index (χ4v) is 0.781. The number of benzene rings is 1. The number of hydrogen-bond acceptors (Lipinski definition) is 1. The zero-order valence-corrected chi connectivity index (χ0v) is 8.44. The lowest BCUT2D eigenvalue weighted by atomic mass is 10.2. The van der Waals surface area contributed by atoms with Crippen LogP contribution in [-0.4, -0.2) is 11.1 Å². The standard InChI is InChI=1S/C9H10.C3H6O2/c1-2-6-9-7-4-3-5-8-9;1-2-3(4)5/h2-5,7-8H,1,6H2;2H2,1H3,(H,4,5). The van der Waals surface area contributed by atoms with E-state index in [0.29, 0.717) is 0 Å². The van der Waals surface area contributed by atoms with Gasteiger partial charge in [0, 0.05) is 6.42 Å². The van der Waals surface area contributed by atoms with Gasteiger partial charge in [-0.05, 0) is 12.0 Å². The van der Waals surface area contributed by atoms with Gasteiger partial charge in [-0.3, -0.25) is 4.79 Å². The zero-order valence-electron chi connectivity index (χ0n) is 8.44. The molecular formula is C12H16O2. The lowest BCUT2D eigenvalue weighted by Crippen LogP contribution is -1.86. The van der Waals surface area contributed by atoms with Gasteiger partial charge < -0.3 is 5.11 Å². The first kappa shape index (κ1) is 12.4. The van der Waals surface area contributed by atoms with Crippen LogP contribution >= 0.6 is 0 Å². The van der Waals surface area contributed by atoms with Gasteiger partial charge in [-0.25, -0.2) is 0 Å². The quantitative estimate of drug-likeness (QED) is 0.748. The lowest BCUT2D eigenvalue weighted by molar-refractivity contribution is -0.136. The summed E-state index contributed by atoms with van der Waals surface area (Å²) >= 11 is 0. The van der Waals surface area contributed by atoms with Crippen molar-refractivity contribution in [3.63, 3.8) is 0 Å². The number of rotatable bonds is 3. The van der Waals surface area contributed by atoms with Crippen molar-refractivity contribution in [2.45, 2.75) is 19.8 Å². The molecule has 0 spiro atoms. The summed E-state index contributed by atoms with van der Waals surface area (Å²) in [5.74, 6) is -0.745. The molecule has 0 unspecified atom stereocenters. The van der Waals surface area contributed by atoms with Crippen LogP contribution in [-0.2, 0) is 11.2 Å². The second-order valence-electron chi connectivity index (χ2n) is 2.73. The summed E-state index contributed by atoms with van der Waals surface area (Å²) in [6.45, 7) is 5.26. The average Bonchev–Trinajstić information content (AvgIpc) is 2.21. The Labute approximate surface area is 84.9 Å². The minimum Gasteiger partial charge on any atom is -0.481 e. The molecule has 1 rings (SSSR count). The van der Waals surface area contributed by atoms with Crippen molar-refractivity contribution >= 4 is 5.97 Å². The Hall–Kier alpha value is -1.57. The van der Waals surface area contributed by atoms with Gasteiger partial charge in [0.15, 0.2) is 0 Å². The minimum absolute atomic E-state index is 0.222. The molecule has 0 atom stereocenters. The smallest absolute Gasteiger partial charge is 0.303 e. The molecule has 0 saturated heterocycles. The molecule has 0 aliphatic carbocycles. The molecule has 0 aromatic heterocycles. The number of hydrogen-bond donors (Lipinski definition) is 1. The van der Waals surface area contributed by atoms with Crippen LogP contribution < -0.4 is 0 Å². The second kappa shape index (κ2) is 8.05. The molecule has 0 heterocycles. The maximum atomic E-state index is 9.37. The second-order valence-corrected chi connectivity index (χ2v) is 2.73. The zero-order chi connectivity index (χ0) is 10.8. The van der Waals surface area contributed by atoms with E-state index >= 15 is 0 Å². The predicted octanol–water partition coefficient (Wildman–Crippen LogP) is 2.90. The Morgan fingerprint density at radius 1 is 1.43 bits per heavy atom. The molecule has 1 N–H and O–H groups in total. The van der Waals surface area contributed by atoms with Gasteiger partial charge in [-0.15, -0.1) is 6.58 Å². The number of carboxylic acids is 1. The fourth-order valence-electron chi connectivity index (χ4n) is 0.781. The van der Waals surface area contributed by atoms with Gasteiger partial charge in [-0.1, -0.05) is 43.3 Å². The van der Waals surface area contributed by atoms with Gasteiger partial charge >= 0.3 is 5.97 Å². The van der Waals surface area contributed by atoms with E-state index in [1.165, 1.54) is 5.56 Å². The molecule has 0 fully saturated rings. The van der Waals surface area contributed by atoms with E-state index in [0.717, 1.165) is 6.42 Å². The Kier molecular flexibility index (Phi) is 7.15. The van der Waals surface area contributed by atoms with Crippen molar-refractivity contribution in [2.75, 3.05) is 0 Å². The first-order valence-corrected chi connectivity index (χ1v) is 4.57. The lowest BCUT2D eigenvalue weighted by Gasteiger charge is -1.91. The Bertz CT molecular complexity index is 265. The van der Waals surface area contributed by atoms with Crippen molar-refractivity contribution in [3.05, 3.63) is 48.6 Å². The fraction of sp³-hybridized carbons (Fsp3) is 0.250. The highest BCUT2D eigenvalue weighted by Crippen LogP contribution is 1.98. The Morgan fingerprint density at radius 2 is 1.93 bits per heavy atom. The third-order valence-electron chi connectivity index (χ3n) is 1.53. The average molecular weight is 192 g/mol. The summed E-state index contributed by atoms with van der Waals surface area (Å²) in [6, 6.07) is 10.3. The van der Waals surface area contributed by atoms with Gasteiger partial charge in [0.25, 0.3) is 0 Å². The van der Waals surface area contributed by atoms with E-state index in [9.17, 15) is 4.79 Å². The third kappa shape index (κ3) is 7.10. The van der Waals surface area contributed by atoms with Crippen molar-refractivity contribution in [1.82, 2.24) is 0 Å². The molecule has 76 valence electrons. The monoisotopic (exact) mass is 192 g/mol. The highest BCUT2D eigenvalue weighted by molar-refractivity contribution is 5.66. The maximum absolute atomic E-state index is 9.37. The van der Waals surface area contributed by atoms with Crippen molar-refractivity contribution in [3.8, 4) is 0 Å². The molecule has 0 amide bonds. The van der Waals surface area contributed by atoms with Crippen LogP contribution in [0.5, 0.6) is 0 Å². The summed E-state index contributed by atoms with van der Waals surface area (Å²) in [5, 5.41) is 7.72. The molecule has 0 aliphatic rings. The molecule has 0 radical (unpaired) electrons. The molecule has 0 saturated carbocycles. The topological polar surface area (TPSA) is 37.3 Å². The summed E-state index contributed by atoms with van der Waals surface area (Å²) in [4.78, 5) is 9.37. The normalized spacial score (nSPS) is 8.36. The first-order valence-electron chi connectivity index (χ1n) is 4.57. The Morgan fingerprint density at radius 3 is 2.29 bits per heavy atom. The molecular weight excluding hydrogens is 176 g/mol. The summed E-state index contributed by atoms with van der Waals surface area (Å²) < 4.78 is 0. The van der Waals surface area contributed by atoms with Crippen molar-refractivity contribution in [1.29, 1.82) is 0 Å². The molecule has 1 aromatic carbocycles. The number of aliphatic carboxylic acids is 1. The van der Waals surface area contributed by atoms with Gasteiger partial charge in [0.2, 0.25) is 0 Å². The number of carboxylic acid groups (broad SMARTS) is 1. The maximum Gasteiger partial charge on any atom is 0.303 e. The first-order chi connectivity index (χ1) is 6.70. The van der Waals surface area contributed by atoms with E-state index in [2.05, 4.69) is 18.7 Å². The number of allylic oxidation sites excluding steroid dienone is 1. The SMILES string of the molecule is C=CCc1ccccc1.CCC(=O)O. The predicted molar refractivity (Wildman–Crippen MR) is 58.3 cm³/mol. The van der Waals surface area contributed by atoms with Crippen LogP contribution in [0.2, 0.25) is 0 Å². The van der Waals surface area contributed by atoms with Crippen LogP contribution in [0.1, 0.15) is 18.9 Å². The van der Waals surface area contributed by atoms with Crippen LogP contribution in [0.15, 0.2) is 43.0 Å². The van der Waals surface area contributed by atoms with Crippen LogP contribution in [0, 0.1) is 0 Å². The van der Waals surface area contributed by atoms with Gasteiger partial charge in [0.05, 0.1) is 0 Å². The van der Waals surface area contributed by atoms with E-state index in [4.69, 9.17) is 5.11 Å². The van der Waals surface area contributed by atoms with Crippen molar-refractivity contribution in [2.24, 2.45) is 0 Å². The summed E-state index contributed by atoms with van der Waals surface area (Å²) in [5.41, 5.74) is 1.33. The molecule has 0 aliphatic heterocycles. The van der Waals surface area contributed by atoms with Gasteiger partial charge in [-0.2, -0.15) is 0 Å². The summed E-state index contributed by atoms with van der Waals surface area (Å²) in [6.07, 6.45) is 3.11. The highest BCUT2D eigenvalue weighted by atomic mass is 16.4. The van der Waals surface area contributed by atoms with E-state index in [1.807, 2.05) is 24.3 Å². The molecule has 2 nitrogen and oxygen atoms in total. The van der Waals surface area contributed by atoms with Crippen LogP contribution in [0.4, 0.5) is 0 Å². The molecule has 14 heavy (non-hydrogen) atoms. The molecule has 2 heteroatoms. The van der Waals surface area contributed by atoms with E-state index in [-0.39, 0.29) is 6.42 Å². The summed E-state index contributed by atoms with van der Waals surface area (Å²) in [7, 11) is 0.